The van der Waals surface area contributed by atoms with Crippen molar-refractivity contribution in [3.8, 4) is 17.4 Å². The van der Waals surface area contributed by atoms with Gasteiger partial charge >= 0.3 is 0 Å². The lowest BCUT2D eigenvalue weighted by Gasteiger charge is -2.10. The van der Waals surface area contributed by atoms with Gasteiger partial charge in [0.25, 0.3) is 0 Å². The lowest BCUT2D eigenvalue weighted by atomic mass is 10.1. The van der Waals surface area contributed by atoms with Gasteiger partial charge < -0.3 is 10.1 Å². The fourth-order valence-electron chi connectivity index (χ4n) is 2.85. The summed E-state index contributed by atoms with van der Waals surface area (Å²) >= 11 is 0. The van der Waals surface area contributed by atoms with E-state index in [0.29, 0.717) is 34.5 Å². The van der Waals surface area contributed by atoms with Crippen molar-refractivity contribution in [3.05, 3.63) is 90.5 Å². The molecule has 2 aromatic heterocycles. The maximum Gasteiger partial charge on any atom is 0.228 e. The van der Waals surface area contributed by atoms with E-state index in [1.807, 2.05) is 0 Å². The predicted octanol–water partition coefficient (Wildman–Crippen LogP) is 4.08. The molecular weight excluding hydrogens is 385 g/mol. The van der Waals surface area contributed by atoms with Crippen molar-refractivity contribution >= 4 is 11.6 Å². The molecular formula is C22H18FN5O2. The molecule has 0 radical (unpaired) electrons. The molecule has 0 aliphatic rings. The highest BCUT2D eigenvalue weighted by Crippen LogP contribution is 2.23. The van der Waals surface area contributed by atoms with Crippen LogP contribution in [0.25, 0.3) is 5.82 Å². The van der Waals surface area contributed by atoms with Gasteiger partial charge in [-0.1, -0.05) is 18.2 Å². The molecule has 4 rings (SSSR count). The van der Waals surface area contributed by atoms with Gasteiger partial charge in [0.05, 0.1) is 6.42 Å². The van der Waals surface area contributed by atoms with E-state index in [4.69, 9.17) is 4.74 Å². The maximum atomic E-state index is 13.7. The normalized spacial score (nSPS) is 10.6. The smallest absolute Gasteiger partial charge is 0.228 e. The summed E-state index contributed by atoms with van der Waals surface area (Å²) in [6.07, 6.45) is 5.05. The van der Waals surface area contributed by atoms with E-state index in [9.17, 15) is 9.18 Å². The number of hydrogen-bond donors (Lipinski definition) is 1. The lowest BCUT2D eigenvalue weighted by molar-refractivity contribution is -0.115. The molecule has 0 aliphatic heterocycles. The summed E-state index contributed by atoms with van der Waals surface area (Å²) in [7, 11) is 0. The van der Waals surface area contributed by atoms with Crippen LogP contribution in [0.5, 0.6) is 11.6 Å². The van der Waals surface area contributed by atoms with Crippen LogP contribution in [0.4, 0.5) is 10.1 Å². The number of nitrogens with one attached hydrogen (secondary N) is 1. The number of carbonyl (C=O) groups is 1. The summed E-state index contributed by atoms with van der Waals surface area (Å²) in [6, 6.07) is 14.8. The number of aryl methyl sites for hydroxylation is 1. The van der Waals surface area contributed by atoms with Crippen LogP contribution in [0.1, 0.15) is 11.4 Å². The van der Waals surface area contributed by atoms with Gasteiger partial charge in [0.2, 0.25) is 11.8 Å². The Hall–Kier alpha value is -4.07. The number of aromatic nitrogens is 4. The number of nitrogens with zero attached hydrogens (tertiary/aromatic N) is 4. The Balaban J connectivity index is 1.42. The number of halogens is 1. The Labute approximate surface area is 172 Å². The molecule has 7 nitrogen and oxygen atoms in total. The standard InChI is InChI=1S/C22H18FN5O2/c1-15-25-20(28-11-10-24-14-28)13-22(26-15)30-18-8-6-17(7-9-18)27-21(29)12-16-4-2-3-5-19(16)23/h2-11,13-14H,12H2,1H3,(H,27,29). The van der Waals surface area contributed by atoms with E-state index in [1.165, 1.54) is 6.07 Å². The number of rotatable bonds is 6. The fourth-order valence-corrected chi connectivity index (χ4v) is 2.85. The minimum Gasteiger partial charge on any atom is -0.439 e. The fraction of sp³-hybridized carbons (Fsp3) is 0.0909. The van der Waals surface area contributed by atoms with Crippen LogP contribution in [-0.2, 0) is 11.2 Å². The van der Waals surface area contributed by atoms with Gasteiger partial charge in [-0.05, 0) is 42.8 Å². The summed E-state index contributed by atoms with van der Waals surface area (Å²) in [6.45, 7) is 1.78. The molecule has 2 heterocycles. The summed E-state index contributed by atoms with van der Waals surface area (Å²) in [5.74, 6) is 1.45. The van der Waals surface area contributed by atoms with Gasteiger partial charge in [-0.15, -0.1) is 0 Å². The molecule has 0 unspecified atom stereocenters. The van der Waals surface area contributed by atoms with Gasteiger partial charge in [-0.2, -0.15) is 4.98 Å². The molecule has 0 atom stereocenters. The number of imidazole rings is 1. The van der Waals surface area contributed by atoms with Crippen molar-refractivity contribution < 1.29 is 13.9 Å². The number of anilines is 1. The van der Waals surface area contributed by atoms with Gasteiger partial charge in [-0.3, -0.25) is 9.36 Å². The van der Waals surface area contributed by atoms with Crippen LogP contribution in [0.3, 0.4) is 0 Å². The van der Waals surface area contributed by atoms with E-state index >= 15 is 0 Å². The van der Waals surface area contributed by atoms with Crippen LogP contribution in [0.2, 0.25) is 0 Å². The molecule has 0 aliphatic carbocycles. The number of carbonyl (C=O) groups excluding carboxylic acids is 1. The summed E-state index contributed by atoms with van der Waals surface area (Å²) in [5, 5.41) is 2.75. The van der Waals surface area contributed by atoms with Crippen molar-refractivity contribution in [2.24, 2.45) is 0 Å². The summed E-state index contributed by atoms with van der Waals surface area (Å²) in [5.41, 5.74) is 0.935. The molecule has 8 heteroatoms. The summed E-state index contributed by atoms with van der Waals surface area (Å²) in [4.78, 5) is 24.8. The Bertz CT molecular complexity index is 1160. The Morgan fingerprint density at radius 2 is 1.93 bits per heavy atom. The predicted molar refractivity (Wildman–Crippen MR) is 109 cm³/mol. The number of amides is 1. The lowest BCUT2D eigenvalue weighted by Crippen LogP contribution is -2.15. The highest BCUT2D eigenvalue weighted by molar-refractivity contribution is 5.92. The Kier molecular flexibility index (Phi) is 5.47. The van der Waals surface area contributed by atoms with E-state index in [0.717, 1.165) is 0 Å². The van der Waals surface area contributed by atoms with Crippen LogP contribution in [-0.4, -0.2) is 25.4 Å². The molecule has 150 valence electrons. The zero-order valence-electron chi connectivity index (χ0n) is 16.1. The van der Waals surface area contributed by atoms with Crippen molar-refractivity contribution in [1.82, 2.24) is 19.5 Å². The molecule has 0 bridgehead atoms. The third kappa shape index (κ3) is 4.67. The molecule has 30 heavy (non-hydrogen) atoms. The highest BCUT2D eigenvalue weighted by atomic mass is 19.1. The van der Waals surface area contributed by atoms with Gasteiger partial charge in [0.15, 0.2) is 0 Å². The molecule has 0 saturated carbocycles. The summed E-state index contributed by atoms with van der Waals surface area (Å²) < 4.78 is 21.3. The highest BCUT2D eigenvalue weighted by Gasteiger charge is 2.09. The zero-order chi connectivity index (χ0) is 20.9. The SMILES string of the molecule is Cc1nc(Oc2ccc(NC(=O)Cc3ccccc3F)cc2)cc(-n2ccnc2)n1. The Morgan fingerprint density at radius 3 is 2.67 bits per heavy atom. The topological polar surface area (TPSA) is 81.9 Å². The minimum absolute atomic E-state index is 0.0395. The Morgan fingerprint density at radius 1 is 1.13 bits per heavy atom. The van der Waals surface area contributed by atoms with Crippen molar-refractivity contribution in [3.63, 3.8) is 0 Å². The molecule has 2 aromatic carbocycles. The quantitative estimate of drug-likeness (QED) is 0.525. The van der Waals surface area contributed by atoms with E-state index in [2.05, 4.69) is 20.3 Å². The molecule has 1 N–H and O–H groups in total. The first kappa shape index (κ1) is 19.3. The van der Waals surface area contributed by atoms with E-state index in [-0.39, 0.29) is 12.3 Å². The van der Waals surface area contributed by atoms with Gasteiger partial charge in [-0.25, -0.2) is 14.4 Å². The molecule has 4 aromatic rings. The first-order valence-electron chi connectivity index (χ1n) is 9.22. The van der Waals surface area contributed by atoms with Gasteiger partial charge in [0.1, 0.15) is 29.5 Å². The molecule has 0 spiro atoms. The van der Waals surface area contributed by atoms with Crippen molar-refractivity contribution in [2.45, 2.75) is 13.3 Å². The molecule has 0 saturated heterocycles. The average molecular weight is 403 g/mol. The van der Waals surface area contributed by atoms with Crippen LogP contribution in [0.15, 0.2) is 73.3 Å². The van der Waals surface area contributed by atoms with Crippen LogP contribution < -0.4 is 10.1 Å². The third-order valence-corrected chi connectivity index (χ3v) is 4.24. The third-order valence-electron chi connectivity index (χ3n) is 4.24. The van der Waals surface area contributed by atoms with Crippen LogP contribution >= 0.6 is 0 Å². The van der Waals surface area contributed by atoms with E-state index in [1.54, 1.807) is 78.7 Å². The van der Waals surface area contributed by atoms with Gasteiger partial charge in [0, 0.05) is 24.1 Å². The van der Waals surface area contributed by atoms with Crippen molar-refractivity contribution in [2.75, 3.05) is 5.32 Å². The number of hydrogen-bond acceptors (Lipinski definition) is 5. The number of benzene rings is 2. The van der Waals surface area contributed by atoms with E-state index < -0.39 is 5.82 Å². The molecule has 0 fully saturated rings. The maximum absolute atomic E-state index is 13.7. The van der Waals surface area contributed by atoms with Crippen molar-refractivity contribution in [1.29, 1.82) is 0 Å². The second kappa shape index (κ2) is 8.52. The second-order valence-corrected chi connectivity index (χ2v) is 6.52. The van der Waals surface area contributed by atoms with Crippen LogP contribution in [0, 0.1) is 12.7 Å². The minimum atomic E-state index is -0.397. The molecule has 1 amide bonds. The zero-order valence-corrected chi connectivity index (χ0v) is 16.1. The second-order valence-electron chi connectivity index (χ2n) is 6.52. The average Bonchev–Trinajstić information content (AvgIpc) is 3.26. The monoisotopic (exact) mass is 403 g/mol. The first-order chi connectivity index (χ1) is 14.6. The number of ether oxygens (including phenoxy) is 1. The first-order valence-corrected chi connectivity index (χ1v) is 9.22. The largest absolute Gasteiger partial charge is 0.439 e.